The van der Waals surface area contributed by atoms with Crippen LogP contribution in [0.5, 0.6) is 0 Å². The highest BCUT2D eigenvalue weighted by atomic mass is 16.7. The fraction of sp³-hybridized carbons (Fsp3) is 0.375. The number of nitrogens with zero attached hydrogens (tertiary/aromatic N) is 1. The van der Waals surface area contributed by atoms with Gasteiger partial charge in [-0.2, -0.15) is 0 Å². The van der Waals surface area contributed by atoms with Crippen LogP contribution in [0, 0.1) is 0 Å². The molecule has 0 fully saturated rings. The maximum atomic E-state index is 10.9. The lowest BCUT2D eigenvalue weighted by Gasteiger charge is -2.09. The predicted octanol–water partition coefficient (Wildman–Crippen LogP) is 1.14. The molecule has 11 heavy (non-hydrogen) atoms. The zero-order chi connectivity index (χ0) is 8.69. The number of likely N-dealkylation sites (N-methyl/N-ethyl adjacent to an activating group) is 1. The van der Waals surface area contributed by atoms with Crippen molar-refractivity contribution in [1.29, 1.82) is 0 Å². The molecule has 0 aromatic heterocycles. The minimum atomic E-state index is -0.175. The molecule has 0 aromatic rings. The number of allylic oxidation sites excluding steroid dienone is 3. The first kappa shape index (κ1) is 9.91. The number of carbonyl (C=O) groups is 1. The average Bonchev–Trinajstić information content (AvgIpc) is 2.03. The first-order valence-electron chi connectivity index (χ1n) is 3.33. The highest BCUT2D eigenvalue weighted by molar-refractivity contribution is 5.86. The molecule has 0 aliphatic carbocycles. The van der Waals surface area contributed by atoms with E-state index in [1.54, 1.807) is 19.2 Å². The monoisotopic (exact) mass is 155 g/mol. The van der Waals surface area contributed by atoms with Gasteiger partial charge in [0, 0.05) is 13.1 Å². The molecular formula is C8H13NO2. The molecule has 62 valence electrons. The Kier molecular flexibility index (Phi) is 5.11. The van der Waals surface area contributed by atoms with Crippen molar-refractivity contribution in [3.8, 4) is 0 Å². The second-order valence-electron chi connectivity index (χ2n) is 1.90. The average molecular weight is 155 g/mol. The van der Waals surface area contributed by atoms with Gasteiger partial charge in [0.25, 0.3) is 5.91 Å². The van der Waals surface area contributed by atoms with Gasteiger partial charge in [0.15, 0.2) is 0 Å². The molecule has 0 aromatic carbocycles. The number of rotatable bonds is 3. The Morgan fingerprint density at radius 3 is 2.55 bits per heavy atom. The summed E-state index contributed by atoms with van der Waals surface area (Å²) in [4.78, 5) is 15.6. The molecule has 0 atom stereocenters. The van der Waals surface area contributed by atoms with Crippen molar-refractivity contribution >= 4 is 5.91 Å². The van der Waals surface area contributed by atoms with Gasteiger partial charge in [-0.15, -0.1) is 0 Å². The summed E-state index contributed by atoms with van der Waals surface area (Å²) in [5.74, 6) is -0.175. The normalized spacial score (nSPS) is 11.2. The van der Waals surface area contributed by atoms with Crippen LogP contribution in [0.1, 0.15) is 6.92 Å². The lowest BCUT2D eigenvalue weighted by molar-refractivity contribution is -0.162. The van der Waals surface area contributed by atoms with Crippen LogP contribution in [0.2, 0.25) is 0 Å². The largest absolute Gasteiger partial charge is 0.274 e. The van der Waals surface area contributed by atoms with Crippen LogP contribution >= 0.6 is 0 Å². The second kappa shape index (κ2) is 5.68. The molecule has 0 saturated heterocycles. The summed E-state index contributed by atoms with van der Waals surface area (Å²) in [6, 6.07) is 0. The van der Waals surface area contributed by atoms with Gasteiger partial charge in [-0.3, -0.25) is 9.63 Å². The molecule has 0 heterocycles. The Morgan fingerprint density at radius 2 is 2.09 bits per heavy atom. The third-order valence-electron chi connectivity index (χ3n) is 1.13. The van der Waals surface area contributed by atoms with E-state index in [0.29, 0.717) is 0 Å². The van der Waals surface area contributed by atoms with Gasteiger partial charge < -0.3 is 0 Å². The highest BCUT2D eigenvalue weighted by Gasteiger charge is 1.99. The van der Waals surface area contributed by atoms with E-state index in [2.05, 4.69) is 4.84 Å². The molecular weight excluding hydrogens is 142 g/mol. The quantitative estimate of drug-likeness (QED) is 0.347. The molecule has 0 radical (unpaired) electrons. The van der Waals surface area contributed by atoms with E-state index < -0.39 is 0 Å². The van der Waals surface area contributed by atoms with Gasteiger partial charge >= 0.3 is 0 Å². The number of carbonyl (C=O) groups excluding carboxylic acids is 1. The molecule has 0 N–H and O–H groups in total. The molecule has 0 saturated carbocycles. The topological polar surface area (TPSA) is 29.5 Å². The van der Waals surface area contributed by atoms with E-state index in [-0.39, 0.29) is 5.91 Å². The Hall–Kier alpha value is -1.09. The van der Waals surface area contributed by atoms with Crippen molar-refractivity contribution in [1.82, 2.24) is 5.06 Å². The third kappa shape index (κ3) is 4.33. The van der Waals surface area contributed by atoms with Crippen LogP contribution in [-0.2, 0) is 9.63 Å². The molecule has 3 nitrogen and oxygen atoms in total. The van der Waals surface area contributed by atoms with Gasteiger partial charge in [-0.25, -0.2) is 5.06 Å². The maximum absolute atomic E-state index is 10.9. The van der Waals surface area contributed by atoms with E-state index in [0.717, 1.165) is 5.06 Å². The minimum absolute atomic E-state index is 0.175. The molecule has 3 heteroatoms. The van der Waals surface area contributed by atoms with Gasteiger partial charge in [0.2, 0.25) is 0 Å². The molecule has 0 aliphatic rings. The zero-order valence-corrected chi connectivity index (χ0v) is 7.07. The van der Waals surface area contributed by atoms with Crippen LogP contribution in [0.4, 0.5) is 0 Å². The summed E-state index contributed by atoms with van der Waals surface area (Å²) in [7, 11) is 3.00. The number of hydroxylamine groups is 2. The highest BCUT2D eigenvalue weighted by Crippen LogP contribution is 1.86. The van der Waals surface area contributed by atoms with Gasteiger partial charge in [-0.05, 0) is 6.92 Å². The summed E-state index contributed by atoms with van der Waals surface area (Å²) >= 11 is 0. The van der Waals surface area contributed by atoms with Gasteiger partial charge in [-0.1, -0.05) is 18.2 Å². The lowest BCUT2D eigenvalue weighted by atomic mass is 10.4. The predicted molar refractivity (Wildman–Crippen MR) is 43.7 cm³/mol. The molecule has 0 bridgehead atoms. The smallest absolute Gasteiger partial charge is 0.269 e. The van der Waals surface area contributed by atoms with Crippen molar-refractivity contribution in [2.24, 2.45) is 0 Å². The second-order valence-corrected chi connectivity index (χ2v) is 1.90. The van der Waals surface area contributed by atoms with Crippen LogP contribution in [-0.4, -0.2) is 25.1 Å². The van der Waals surface area contributed by atoms with Crippen LogP contribution in [0.15, 0.2) is 24.3 Å². The summed E-state index contributed by atoms with van der Waals surface area (Å²) in [5, 5.41) is 1.15. The van der Waals surface area contributed by atoms with E-state index in [1.807, 2.05) is 13.0 Å². The van der Waals surface area contributed by atoms with E-state index in [9.17, 15) is 4.79 Å². The number of hydrogen-bond donors (Lipinski definition) is 0. The van der Waals surface area contributed by atoms with Gasteiger partial charge in [0.05, 0.1) is 7.11 Å². The van der Waals surface area contributed by atoms with Crippen molar-refractivity contribution in [2.45, 2.75) is 6.92 Å². The Bertz CT molecular complexity index is 173. The Balaban J connectivity index is 3.86. The molecule has 0 aliphatic heterocycles. The SMILES string of the molecule is C/C=C/C=C/C(=O)N(C)OC. The third-order valence-corrected chi connectivity index (χ3v) is 1.13. The van der Waals surface area contributed by atoms with Crippen molar-refractivity contribution in [3.63, 3.8) is 0 Å². The van der Waals surface area contributed by atoms with Crippen molar-refractivity contribution in [2.75, 3.05) is 14.2 Å². The van der Waals surface area contributed by atoms with Crippen molar-refractivity contribution < 1.29 is 9.63 Å². The van der Waals surface area contributed by atoms with Gasteiger partial charge in [0.1, 0.15) is 0 Å². The first-order valence-corrected chi connectivity index (χ1v) is 3.33. The van der Waals surface area contributed by atoms with Crippen LogP contribution in [0.25, 0.3) is 0 Å². The molecule has 0 unspecified atom stereocenters. The lowest BCUT2D eigenvalue weighted by Crippen LogP contribution is -2.22. The van der Waals surface area contributed by atoms with Crippen LogP contribution < -0.4 is 0 Å². The minimum Gasteiger partial charge on any atom is -0.274 e. The molecule has 0 spiro atoms. The summed E-state index contributed by atoms with van der Waals surface area (Å²) < 4.78 is 0. The van der Waals surface area contributed by atoms with E-state index in [4.69, 9.17) is 0 Å². The number of hydrogen-bond acceptors (Lipinski definition) is 2. The van der Waals surface area contributed by atoms with E-state index in [1.165, 1.54) is 13.2 Å². The zero-order valence-electron chi connectivity index (χ0n) is 7.07. The van der Waals surface area contributed by atoms with Crippen molar-refractivity contribution in [3.05, 3.63) is 24.3 Å². The summed E-state index contributed by atoms with van der Waals surface area (Å²) in [6.45, 7) is 1.88. The Labute approximate surface area is 66.9 Å². The molecule has 0 rings (SSSR count). The summed E-state index contributed by atoms with van der Waals surface area (Å²) in [5.41, 5.74) is 0. The Morgan fingerprint density at radius 1 is 1.45 bits per heavy atom. The fourth-order valence-electron chi connectivity index (χ4n) is 0.444. The standard InChI is InChI=1S/C8H13NO2/c1-4-5-6-7-8(10)9(2)11-3/h4-7H,1-3H3/b5-4+,7-6+. The first-order chi connectivity index (χ1) is 5.22. The fourth-order valence-corrected chi connectivity index (χ4v) is 0.444. The maximum Gasteiger partial charge on any atom is 0.269 e. The van der Waals surface area contributed by atoms with E-state index >= 15 is 0 Å². The molecule has 1 amide bonds. The summed E-state index contributed by atoms with van der Waals surface area (Å²) in [6.07, 6.45) is 6.72. The number of amides is 1. The van der Waals surface area contributed by atoms with Crippen LogP contribution in [0.3, 0.4) is 0 Å².